The summed E-state index contributed by atoms with van der Waals surface area (Å²) in [5.41, 5.74) is 6.43. The lowest BCUT2D eigenvalue weighted by atomic mass is 10.1. The molecule has 2 rings (SSSR count). The smallest absolute Gasteiger partial charge is 0.271 e. The van der Waals surface area contributed by atoms with Gasteiger partial charge in [-0.3, -0.25) is 4.79 Å². The van der Waals surface area contributed by atoms with Crippen LogP contribution in [-0.4, -0.2) is 22.6 Å². The van der Waals surface area contributed by atoms with Crippen LogP contribution in [-0.2, 0) is 0 Å². The minimum atomic E-state index is -0.391. The first-order valence-electron chi connectivity index (χ1n) is 4.66. The SMILES string of the molecule is N=Cc1noc(C=N)c1-c1c[nH]c(=O)c(N)c1. The van der Waals surface area contributed by atoms with Gasteiger partial charge in [0.15, 0.2) is 5.76 Å². The summed E-state index contributed by atoms with van der Waals surface area (Å²) < 4.78 is 4.88. The van der Waals surface area contributed by atoms with E-state index in [0.29, 0.717) is 11.1 Å². The van der Waals surface area contributed by atoms with Crippen LogP contribution < -0.4 is 11.3 Å². The lowest BCUT2D eigenvalue weighted by Crippen LogP contribution is -2.10. The number of aromatic nitrogens is 2. The molecule has 0 aliphatic rings. The van der Waals surface area contributed by atoms with E-state index in [2.05, 4.69) is 10.1 Å². The van der Waals surface area contributed by atoms with E-state index in [4.69, 9.17) is 21.1 Å². The van der Waals surface area contributed by atoms with Crippen molar-refractivity contribution >= 4 is 18.1 Å². The number of hydrogen-bond donors (Lipinski definition) is 4. The highest BCUT2D eigenvalue weighted by Crippen LogP contribution is 2.25. The number of anilines is 1. The van der Waals surface area contributed by atoms with Crippen molar-refractivity contribution in [3.63, 3.8) is 0 Å². The molecule has 0 aliphatic carbocycles. The van der Waals surface area contributed by atoms with E-state index in [1.807, 2.05) is 0 Å². The Morgan fingerprint density at radius 1 is 1.41 bits per heavy atom. The summed E-state index contributed by atoms with van der Waals surface area (Å²) in [6, 6.07) is 1.45. The van der Waals surface area contributed by atoms with Gasteiger partial charge in [0.25, 0.3) is 5.56 Å². The van der Waals surface area contributed by atoms with Crippen molar-refractivity contribution in [3.8, 4) is 11.1 Å². The molecule has 0 radical (unpaired) electrons. The van der Waals surface area contributed by atoms with Gasteiger partial charge in [0.1, 0.15) is 5.69 Å². The summed E-state index contributed by atoms with van der Waals surface area (Å²) >= 11 is 0. The average Bonchev–Trinajstić information content (AvgIpc) is 2.75. The van der Waals surface area contributed by atoms with Crippen LogP contribution in [0, 0.1) is 10.8 Å². The quantitative estimate of drug-likeness (QED) is 0.576. The molecule has 0 saturated heterocycles. The van der Waals surface area contributed by atoms with Gasteiger partial charge in [-0.15, -0.1) is 0 Å². The van der Waals surface area contributed by atoms with Crippen molar-refractivity contribution in [1.82, 2.24) is 10.1 Å². The second kappa shape index (κ2) is 4.05. The Morgan fingerprint density at radius 2 is 2.18 bits per heavy atom. The van der Waals surface area contributed by atoms with E-state index in [9.17, 15) is 4.79 Å². The van der Waals surface area contributed by atoms with E-state index in [-0.39, 0.29) is 17.1 Å². The molecule has 0 aliphatic heterocycles. The molecule has 0 saturated carbocycles. The number of nitrogens with one attached hydrogen (secondary N) is 3. The van der Waals surface area contributed by atoms with E-state index in [0.717, 1.165) is 12.4 Å². The van der Waals surface area contributed by atoms with Crippen molar-refractivity contribution in [2.24, 2.45) is 0 Å². The van der Waals surface area contributed by atoms with Crippen molar-refractivity contribution in [2.75, 3.05) is 5.73 Å². The topological polar surface area (TPSA) is 133 Å². The zero-order valence-corrected chi connectivity index (χ0v) is 8.65. The Bertz CT molecular complexity index is 615. The van der Waals surface area contributed by atoms with E-state index >= 15 is 0 Å². The molecule has 0 aromatic carbocycles. The molecule has 0 amide bonds. The maximum atomic E-state index is 11.1. The predicted octanol–water partition coefficient (Wildman–Crippen LogP) is 0.607. The van der Waals surface area contributed by atoms with Gasteiger partial charge in [-0.05, 0) is 6.07 Å². The molecule has 86 valence electrons. The Morgan fingerprint density at radius 3 is 2.76 bits per heavy atom. The molecule has 17 heavy (non-hydrogen) atoms. The van der Waals surface area contributed by atoms with Gasteiger partial charge in [-0.1, -0.05) is 5.16 Å². The fourth-order valence-corrected chi connectivity index (χ4v) is 1.45. The molecule has 5 N–H and O–H groups in total. The highest BCUT2D eigenvalue weighted by molar-refractivity contribution is 5.94. The van der Waals surface area contributed by atoms with Crippen LogP contribution in [0.15, 0.2) is 21.6 Å². The minimum absolute atomic E-state index is 0.0514. The van der Waals surface area contributed by atoms with Gasteiger partial charge >= 0.3 is 0 Å². The number of rotatable bonds is 3. The Kier molecular flexibility index (Phi) is 2.57. The second-order valence-corrected chi connectivity index (χ2v) is 3.27. The van der Waals surface area contributed by atoms with Crippen molar-refractivity contribution in [1.29, 1.82) is 10.8 Å². The largest absolute Gasteiger partial charge is 0.394 e. The standard InChI is InChI=1S/C10H9N5O2/c11-2-7-9(8(3-12)17-15-7)5-1-6(13)10(16)14-4-5/h1-4,11-12H,13H2,(H,14,16). The number of H-pyrrole nitrogens is 1. The summed E-state index contributed by atoms with van der Waals surface area (Å²) in [5, 5.41) is 18.0. The monoisotopic (exact) mass is 231 g/mol. The summed E-state index contributed by atoms with van der Waals surface area (Å²) in [6.07, 6.45) is 3.43. The molecule has 0 fully saturated rings. The van der Waals surface area contributed by atoms with Crippen LogP contribution >= 0.6 is 0 Å². The van der Waals surface area contributed by atoms with Crippen LogP contribution in [0.5, 0.6) is 0 Å². The van der Waals surface area contributed by atoms with Crippen LogP contribution in [0.1, 0.15) is 11.5 Å². The Labute approximate surface area is 95.3 Å². The van der Waals surface area contributed by atoms with Crippen LogP contribution in [0.2, 0.25) is 0 Å². The first-order valence-corrected chi connectivity index (χ1v) is 4.66. The number of nitrogens with two attached hydrogens (primary N) is 1. The molecule has 7 heteroatoms. The Balaban J connectivity index is 2.70. The van der Waals surface area contributed by atoms with E-state index in [1.165, 1.54) is 12.3 Å². The molecular weight excluding hydrogens is 222 g/mol. The maximum Gasteiger partial charge on any atom is 0.271 e. The lowest BCUT2D eigenvalue weighted by molar-refractivity contribution is 0.414. The summed E-state index contributed by atoms with van der Waals surface area (Å²) in [5.74, 6) is 0.204. The summed E-state index contributed by atoms with van der Waals surface area (Å²) in [6.45, 7) is 0. The van der Waals surface area contributed by atoms with Gasteiger partial charge in [0, 0.05) is 18.0 Å². The molecule has 0 atom stereocenters. The normalized spacial score (nSPS) is 10.1. The second-order valence-electron chi connectivity index (χ2n) is 3.27. The Hall–Kier alpha value is -2.70. The third kappa shape index (κ3) is 1.73. The highest BCUT2D eigenvalue weighted by atomic mass is 16.5. The maximum absolute atomic E-state index is 11.1. The lowest BCUT2D eigenvalue weighted by Gasteiger charge is -2.00. The molecule has 0 spiro atoms. The van der Waals surface area contributed by atoms with Crippen LogP contribution in [0.3, 0.4) is 0 Å². The zero-order valence-electron chi connectivity index (χ0n) is 8.65. The van der Waals surface area contributed by atoms with Gasteiger partial charge in [0.05, 0.1) is 17.5 Å². The first kappa shape index (κ1) is 10.8. The number of aromatic amines is 1. The van der Waals surface area contributed by atoms with Gasteiger partial charge in [-0.2, -0.15) is 0 Å². The fraction of sp³-hybridized carbons (Fsp3) is 0. The number of pyridine rings is 1. The van der Waals surface area contributed by atoms with Gasteiger partial charge in [0.2, 0.25) is 0 Å². The van der Waals surface area contributed by atoms with Gasteiger partial charge < -0.3 is 26.1 Å². The minimum Gasteiger partial charge on any atom is -0.394 e. The average molecular weight is 231 g/mol. The highest BCUT2D eigenvalue weighted by Gasteiger charge is 2.15. The predicted molar refractivity (Wildman–Crippen MR) is 62.7 cm³/mol. The van der Waals surface area contributed by atoms with Crippen molar-refractivity contribution < 1.29 is 4.52 Å². The summed E-state index contributed by atoms with van der Waals surface area (Å²) in [4.78, 5) is 13.6. The third-order valence-corrected chi connectivity index (χ3v) is 2.23. The van der Waals surface area contributed by atoms with Crippen molar-refractivity contribution in [3.05, 3.63) is 34.1 Å². The fourth-order valence-electron chi connectivity index (χ4n) is 1.45. The number of nitrogens with zero attached hydrogens (tertiary/aromatic N) is 1. The van der Waals surface area contributed by atoms with Crippen LogP contribution in [0.25, 0.3) is 11.1 Å². The van der Waals surface area contributed by atoms with Crippen LogP contribution in [0.4, 0.5) is 5.69 Å². The first-order chi connectivity index (χ1) is 8.17. The molecule has 2 aromatic rings. The van der Waals surface area contributed by atoms with E-state index in [1.54, 1.807) is 0 Å². The molecule has 2 heterocycles. The molecule has 2 aromatic heterocycles. The number of hydrogen-bond acceptors (Lipinski definition) is 6. The molecule has 0 bridgehead atoms. The summed E-state index contributed by atoms with van der Waals surface area (Å²) in [7, 11) is 0. The zero-order chi connectivity index (χ0) is 12.4. The molecule has 7 nitrogen and oxygen atoms in total. The number of nitrogen functional groups attached to an aromatic ring is 1. The molecular formula is C10H9N5O2. The van der Waals surface area contributed by atoms with Gasteiger partial charge in [-0.25, -0.2) is 0 Å². The molecule has 0 unspecified atom stereocenters. The third-order valence-electron chi connectivity index (χ3n) is 2.23. The van der Waals surface area contributed by atoms with Crippen molar-refractivity contribution in [2.45, 2.75) is 0 Å². The van der Waals surface area contributed by atoms with E-state index < -0.39 is 5.56 Å².